The van der Waals surface area contributed by atoms with Crippen LogP contribution in [0.15, 0.2) is 29.0 Å². The molecule has 8 heteroatoms. The molecule has 0 bridgehead atoms. The molecule has 0 radical (unpaired) electrons. The van der Waals surface area contributed by atoms with Crippen molar-refractivity contribution >= 4 is 17.5 Å². The first-order valence-electron chi connectivity index (χ1n) is 8.08. The van der Waals surface area contributed by atoms with E-state index in [1.807, 2.05) is 16.7 Å². The van der Waals surface area contributed by atoms with E-state index >= 15 is 0 Å². The zero-order valence-corrected chi connectivity index (χ0v) is 14.2. The third-order valence-electron chi connectivity index (χ3n) is 4.65. The van der Waals surface area contributed by atoms with Crippen LogP contribution in [0.25, 0.3) is 17.3 Å². The van der Waals surface area contributed by atoms with E-state index in [2.05, 4.69) is 15.1 Å². The lowest BCUT2D eigenvalue weighted by Gasteiger charge is -2.14. The number of rotatable bonds is 2. The highest BCUT2D eigenvalue weighted by Gasteiger charge is 2.32. The standard InChI is InChI=1S/C17H14ClN5O2/c1-22-7-12-14(16-20-15(21-25-16)9-5-6-9)19-8-23(12)11-4-2-3-10(18)13(11)17(22)24/h2-4,8-9H,5-7H2,1H3. The fourth-order valence-electron chi connectivity index (χ4n) is 3.16. The van der Waals surface area contributed by atoms with Crippen molar-refractivity contribution in [3.8, 4) is 17.3 Å². The van der Waals surface area contributed by atoms with Crippen LogP contribution in [0, 0.1) is 0 Å². The lowest BCUT2D eigenvalue weighted by Crippen LogP contribution is -2.25. The van der Waals surface area contributed by atoms with Crippen molar-refractivity contribution in [2.24, 2.45) is 0 Å². The van der Waals surface area contributed by atoms with E-state index in [0.29, 0.717) is 40.3 Å². The van der Waals surface area contributed by atoms with E-state index in [1.54, 1.807) is 24.3 Å². The second-order valence-corrected chi connectivity index (χ2v) is 6.84. The molecule has 0 spiro atoms. The molecule has 5 rings (SSSR count). The van der Waals surface area contributed by atoms with Gasteiger partial charge in [-0.3, -0.25) is 9.36 Å². The monoisotopic (exact) mass is 355 g/mol. The second kappa shape index (κ2) is 5.16. The minimum atomic E-state index is -0.126. The van der Waals surface area contributed by atoms with Gasteiger partial charge in [-0.2, -0.15) is 4.98 Å². The SMILES string of the molecule is CN1Cc2c(-c3nc(C4CC4)no3)ncn2-c2cccc(Cl)c2C1=O. The average Bonchev–Trinajstić information content (AvgIpc) is 3.22. The van der Waals surface area contributed by atoms with Gasteiger partial charge in [-0.25, -0.2) is 4.98 Å². The molecule has 1 amide bonds. The summed E-state index contributed by atoms with van der Waals surface area (Å²) in [5.41, 5.74) is 2.60. The van der Waals surface area contributed by atoms with Crippen LogP contribution in [0.4, 0.5) is 0 Å². The Bertz CT molecular complexity index is 1000. The van der Waals surface area contributed by atoms with Gasteiger partial charge < -0.3 is 9.42 Å². The summed E-state index contributed by atoms with van der Waals surface area (Å²) in [6, 6.07) is 5.40. The normalized spacial score (nSPS) is 16.6. The highest BCUT2D eigenvalue weighted by molar-refractivity contribution is 6.34. The molecule has 0 N–H and O–H groups in total. The van der Waals surface area contributed by atoms with Crippen molar-refractivity contribution in [1.82, 2.24) is 24.6 Å². The fourth-order valence-corrected chi connectivity index (χ4v) is 3.41. The highest BCUT2D eigenvalue weighted by Crippen LogP contribution is 2.39. The molecule has 1 saturated carbocycles. The lowest BCUT2D eigenvalue weighted by atomic mass is 10.1. The lowest BCUT2D eigenvalue weighted by molar-refractivity contribution is 0.0788. The smallest absolute Gasteiger partial charge is 0.278 e. The third kappa shape index (κ3) is 2.19. The molecule has 0 saturated heterocycles. The minimum Gasteiger partial charge on any atom is -0.336 e. The summed E-state index contributed by atoms with van der Waals surface area (Å²) >= 11 is 6.29. The maximum absolute atomic E-state index is 12.7. The summed E-state index contributed by atoms with van der Waals surface area (Å²) in [6.07, 6.45) is 3.88. The molecule has 0 atom stereocenters. The largest absolute Gasteiger partial charge is 0.336 e. The fraction of sp³-hybridized carbons (Fsp3) is 0.294. The molecule has 25 heavy (non-hydrogen) atoms. The number of nitrogens with zero attached hydrogens (tertiary/aromatic N) is 5. The molecule has 0 unspecified atom stereocenters. The summed E-state index contributed by atoms with van der Waals surface area (Å²) in [4.78, 5) is 23.3. The maximum Gasteiger partial charge on any atom is 0.278 e. The van der Waals surface area contributed by atoms with Crippen molar-refractivity contribution in [2.75, 3.05) is 7.05 Å². The molecule has 2 aromatic heterocycles. The molecule has 1 aromatic carbocycles. The number of hydrogen-bond acceptors (Lipinski definition) is 5. The molecule has 3 heterocycles. The molecule has 126 valence electrons. The third-order valence-corrected chi connectivity index (χ3v) is 4.97. The van der Waals surface area contributed by atoms with Gasteiger partial charge in [0.05, 0.1) is 28.5 Å². The van der Waals surface area contributed by atoms with Crippen molar-refractivity contribution in [1.29, 1.82) is 0 Å². The van der Waals surface area contributed by atoms with Crippen LogP contribution in [-0.2, 0) is 6.54 Å². The zero-order valence-electron chi connectivity index (χ0n) is 13.4. The number of fused-ring (bicyclic) bond motifs is 3. The Morgan fingerprint density at radius 3 is 2.96 bits per heavy atom. The number of carbonyl (C=O) groups is 1. The van der Waals surface area contributed by atoms with Crippen LogP contribution < -0.4 is 0 Å². The van der Waals surface area contributed by atoms with Gasteiger partial charge in [-0.05, 0) is 25.0 Å². The zero-order chi connectivity index (χ0) is 17.1. The number of aromatic nitrogens is 4. The Morgan fingerprint density at radius 2 is 2.16 bits per heavy atom. The van der Waals surface area contributed by atoms with Crippen LogP contribution in [0.1, 0.15) is 40.6 Å². The van der Waals surface area contributed by atoms with E-state index in [4.69, 9.17) is 16.1 Å². The molecule has 1 fully saturated rings. The first kappa shape index (κ1) is 14.7. The Balaban J connectivity index is 1.69. The molecule has 7 nitrogen and oxygen atoms in total. The van der Waals surface area contributed by atoms with Crippen molar-refractivity contribution in [3.63, 3.8) is 0 Å². The molecular formula is C17H14ClN5O2. The number of imidazole rings is 1. The molecule has 1 aliphatic carbocycles. The molecular weight excluding hydrogens is 342 g/mol. The van der Waals surface area contributed by atoms with E-state index in [9.17, 15) is 4.79 Å². The van der Waals surface area contributed by atoms with Gasteiger partial charge in [0.1, 0.15) is 6.33 Å². The Hall–Kier alpha value is -2.67. The second-order valence-electron chi connectivity index (χ2n) is 6.44. The molecule has 3 aromatic rings. The van der Waals surface area contributed by atoms with Crippen LogP contribution >= 0.6 is 11.6 Å². The van der Waals surface area contributed by atoms with E-state index in [0.717, 1.165) is 24.4 Å². The maximum atomic E-state index is 12.7. The van der Waals surface area contributed by atoms with Gasteiger partial charge in [0.25, 0.3) is 11.8 Å². The number of carbonyl (C=O) groups excluding carboxylic acids is 1. The summed E-state index contributed by atoms with van der Waals surface area (Å²) in [6.45, 7) is 0.375. The van der Waals surface area contributed by atoms with Gasteiger partial charge in [0.2, 0.25) is 0 Å². The Labute approximate surface area is 148 Å². The van der Waals surface area contributed by atoms with Crippen molar-refractivity contribution in [2.45, 2.75) is 25.3 Å². The van der Waals surface area contributed by atoms with Gasteiger partial charge in [0.15, 0.2) is 11.5 Å². The topological polar surface area (TPSA) is 77.1 Å². The minimum absolute atomic E-state index is 0.126. The van der Waals surface area contributed by atoms with Gasteiger partial charge in [-0.15, -0.1) is 0 Å². The van der Waals surface area contributed by atoms with Gasteiger partial charge in [0, 0.05) is 13.0 Å². The van der Waals surface area contributed by atoms with Gasteiger partial charge in [-0.1, -0.05) is 22.8 Å². The number of halogens is 1. The van der Waals surface area contributed by atoms with E-state index in [-0.39, 0.29) is 5.91 Å². The van der Waals surface area contributed by atoms with Crippen LogP contribution in [0.2, 0.25) is 5.02 Å². The number of amides is 1. The Kier molecular flexibility index (Phi) is 3.03. The first-order valence-corrected chi connectivity index (χ1v) is 8.46. The van der Waals surface area contributed by atoms with E-state index in [1.165, 1.54) is 0 Å². The average molecular weight is 356 g/mol. The quantitative estimate of drug-likeness (QED) is 0.706. The van der Waals surface area contributed by atoms with Crippen molar-refractivity contribution in [3.05, 3.63) is 46.6 Å². The predicted octanol–water partition coefficient (Wildman–Crippen LogP) is 3.04. The van der Waals surface area contributed by atoms with Gasteiger partial charge >= 0.3 is 0 Å². The summed E-state index contributed by atoms with van der Waals surface area (Å²) in [7, 11) is 1.74. The summed E-state index contributed by atoms with van der Waals surface area (Å²) in [5.74, 6) is 1.40. The number of hydrogen-bond donors (Lipinski definition) is 0. The highest BCUT2D eigenvalue weighted by atomic mass is 35.5. The predicted molar refractivity (Wildman–Crippen MR) is 89.6 cm³/mol. The van der Waals surface area contributed by atoms with Crippen LogP contribution in [-0.4, -0.2) is 37.5 Å². The Morgan fingerprint density at radius 1 is 1.32 bits per heavy atom. The molecule has 1 aliphatic heterocycles. The first-order chi connectivity index (χ1) is 12.1. The summed E-state index contributed by atoms with van der Waals surface area (Å²) < 4.78 is 7.30. The van der Waals surface area contributed by atoms with E-state index < -0.39 is 0 Å². The molecule has 2 aliphatic rings. The van der Waals surface area contributed by atoms with Crippen LogP contribution in [0.5, 0.6) is 0 Å². The summed E-state index contributed by atoms with van der Waals surface area (Å²) in [5, 5.41) is 4.48. The van der Waals surface area contributed by atoms with Crippen molar-refractivity contribution < 1.29 is 9.32 Å². The van der Waals surface area contributed by atoms with Crippen LogP contribution in [0.3, 0.4) is 0 Å². The number of benzene rings is 1.